The summed E-state index contributed by atoms with van der Waals surface area (Å²) in [6, 6.07) is 0. The fourth-order valence-corrected chi connectivity index (χ4v) is 2.90. The Morgan fingerprint density at radius 2 is 1.67 bits per heavy atom. The first-order valence-electron chi connectivity index (χ1n) is 7.62. The van der Waals surface area contributed by atoms with Crippen molar-refractivity contribution in [3.63, 3.8) is 0 Å². The highest BCUT2D eigenvalue weighted by molar-refractivity contribution is 5.94. The van der Waals surface area contributed by atoms with Crippen molar-refractivity contribution in [1.29, 1.82) is 0 Å². The average molecular weight is 252 g/mol. The van der Waals surface area contributed by atoms with E-state index in [1.807, 2.05) is 13.8 Å². The average Bonchev–Trinajstić information content (AvgIpc) is 2.27. The molecule has 0 aliphatic rings. The molecule has 1 nitrogen and oxygen atoms in total. The van der Waals surface area contributed by atoms with Crippen molar-refractivity contribution in [2.24, 2.45) is 17.8 Å². The molecule has 0 heterocycles. The van der Waals surface area contributed by atoms with Gasteiger partial charge in [-0.2, -0.15) is 0 Å². The second-order valence-electron chi connectivity index (χ2n) is 6.07. The lowest BCUT2D eigenvalue weighted by Crippen LogP contribution is -2.08. The van der Waals surface area contributed by atoms with Crippen molar-refractivity contribution in [3.05, 3.63) is 11.6 Å². The minimum atomic E-state index is 0.286. The van der Waals surface area contributed by atoms with Crippen molar-refractivity contribution in [3.8, 4) is 0 Å². The zero-order chi connectivity index (χ0) is 14.1. The topological polar surface area (TPSA) is 17.1 Å². The first-order valence-corrected chi connectivity index (χ1v) is 7.62. The van der Waals surface area contributed by atoms with Crippen LogP contribution >= 0.6 is 0 Å². The van der Waals surface area contributed by atoms with Crippen LogP contribution in [0, 0.1) is 17.8 Å². The molecule has 0 N–H and O–H groups in total. The Labute approximate surface area is 114 Å². The van der Waals surface area contributed by atoms with Gasteiger partial charge < -0.3 is 0 Å². The molecule has 0 saturated carbocycles. The summed E-state index contributed by atoms with van der Waals surface area (Å²) in [5.74, 6) is 2.39. The van der Waals surface area contributed by atoms with Gasteiger partial charge in [-0.3, -0.25) is 4.79 Å². The summed E-state index contributed by atoms with van der Waals surface area (Å²) in [4.78, 5) is 11.5. The smallest absolute Gasteiger partial charge is 0.157 e. The molecule has 0 bridgehead atoms. The number of Topliss-reactive ketones (excluding diaryl/α,β-unsaturated/α-hetero) is 1. The third-order valence-corrected chi connectivity index (χ3v) is 3.66. The SMILES string of the molecule is CCC[C@H](C)C[C@H](C)C[C@H](C)/C=C(\C)C(=O)CC. The van der Waals surface area contributed by atoms with E-state index >= 15 is 0 Å². The third-order valence-electron chi connectivity index (χ3n) is 3.66. The number of rotatable bonds is 9. The molecule has 18 heavy (non-hydrogen) atoms. The molecular weight excluding hydrogens is 220 g/mol. The minimum absolute atomic E-state index is 0.286. The van der Waals surface area contributed by atoms with Gasteiger partial charge in [-0.1, -0.05) is 53.5 Å². The van der Waals surface area contributed by atoms with Crippen LogP contribution in [0.2, 0.25) is 0 Å². The van der Waals surface area contributed by atoms with Crippen LogP contribution in [0.1, 0.15) is 73.6 Å². The van der Waals surface area contributed by atoms with Gasteiger partial charge in [0.05, 0.1) is 0 Å². The maximum absolute atomic E-state index is 11.5. The molecule has 0 unspecified atom stereocenters. The molecule has 0 saturated heterocycles. The van der Waals surface area contributed by atoms with Gasteiger partial charge in [-0.15, -0.1) is 0 Å². The summed E-state index contributed by atoms with van der Waals surface area (Å²) < 4.78 is 0. The standard InChI is InChI=1S/C17H32O/c1-7-9-13(3)10-14(4)11-15(5)12-16(6)17(18)8-2/h12-15H,7-11H2,1-6H3/b16-12+/t13-,14-,15-/m0/s1. The number of hydrogen-bond acceptors (Lipinski definition) is 1. The number of carbonyl (C=O) groups is 1. The Balaban J connectivity index is 4.14. The predicted molar refractivity (Wildman–Crippen MR) is 80.7 cm³/mol. The van der Waals surface area contributed by atoms with E-state index in [-0.39, 0.29) is 5.78 Å². The molecule has 0 rings (SSSR count). The Morgan fingerprint density at radius 3 is 2.17 bits per heavy atom. The normalized spacial score (nSPS) is 17.3. The van der Waals surface area contributed by atoms with Gasteiger partial charge in [0.15, 0.2) is 5.78 Å². The third kappa shape index (κ3) is 7.68. The van der Waals surface area contributed by atoms with Crippen LogP contribution in [0.4, 0.5) is 0 Å². The summed E-state index contributed by atoms with van der Waals surface area (Å²) in [6.07, 6.45) is 7.91. The van der Waals surface area contributed by atoms with E-state index in [4.69, 9.17) is 0 Å². The number of ketones is 1. The fourth-order valence-electron chi connectivity index (χ4n) is 2.90. The van der Waals surface area contributed by atoms with E-state index in [1.54, 1.807) is 0 Å². The second kappa shape index (κ2) is 9.35. The van der Waals surface area contributed by atoms with Gasteiger partial charge in [0.2, 0.25) is 0 Å². The molecule has 106 valence electrons. The maximum Gasteiger partial charge on any atom is 0.157 e. The summed E-state index contributed by atoms with van der Waals surface area (Å²) >= 11 is 0. The number of carbonyl (C=O) groups excluding carboxylic acids is 1. The fraction of sp³-hybridized carbons (Fsp3) is 0.824. The molecule has 0 aromatic rings. The maximum atomic E-state index is 11.5. The molecule has 0 aliphatic carbocycles. The highest BCUT2D eigenvalue weighted by Gasteiger charge is 2.12. The van der Waals surface area contributed by atoms with Gasteiger partial charge in [0.25, 0.3) is 0 Å². The second-order valence-corrected chi connectivity index (χ2v) is 6.07. The van der Waals surface area contributed by atoms with E-state index < -0.39 is 0 Å². The lowest BCUT2D eigenvalue weighted by Gasteiger charge is -2.19. The molecule has 0 amide bonds. The Kier molecular flexibility index (Phi) is 9.05. The molecular formula is C17H32O. The quantitative estimate of drug-likeness (QED) is 0.502. The van der Waals surface area contributed by atoms with Crippen molar-refractivity contribution >= 4 is 5.78 Å². The Hall–Kier alpha value is -0.590. The number of hydrogen-bond donors (Lipinski definition) is 0. The van der Waals surface area contributed by atoms with Crippen molar-refractivity contribution in [2.45, 2.75) is 73.6 Å². The highest BCUT2D eigenvalue weighted by atomic mass is 16.1. The molecule has 0 radical (unpaired) electrons. The largest absolute Gasteiger partial charge is 0.295 e. The monoisotopic (exact) mass is 252 g/mol. The molecule has 0 fully saturated rings. The van der Waals surface area contributed by atoms with Gasteiger partial charge in [0.1, 0.15) is 0 Å². The molecule has 0 spiro atoms. The summed E-state index contributed by atoms with van der Waals surface area (Å²) in [5, 5.41) is 0. The van der Waals surface area contributed by atoms with Gasteiger partial charge in [-0.25, -0.2) is 0 Å². The number of allylic oxidation sites excluding steroid dienone is 2. The zero-order valence-corrected chi connectivity index (χ0v) is 13.3. The summed E-state index contributed by atoms with van der Waals surface area (Å²) in [5.41, 5.74) is 0.943. The van der Waals surface area contributed by atoms with E-state index in [1.165, 1.54) is 25.7 Å². The van der Waals surface area contributed by atoms with E-state index in [0.29, 0.717) is 12.3 Å². The molecule has 0 aliphatic heterocycles. The highest BCUT2D eigenvalue weighted by Crippen LogP contribution is 2.23. The van der Waals surface area contributed by atoms with Gasteiger partial charge >= 0.3 is 0 Å². The van der Waals surface area contributed by atoms with E-state index in [0.717, 1.165) is 17.4 Å². The van der Waals surface area contributed by atoms with Crippen LogP contribution in [-0.2, 0) is 4.79 Å². The minimum Gasteiger partial charge on any atom is -0.295 e. The molecule has 0 aromatic heterocycles. The zero-order valence-electron chi connectivity index (χ0n) is 13.3. The molecule has 1 heteroatoms. The van der Waals surface area contributed by atoms with Crippen LogP contribution in [0.15, 0.2) is 11.6 Å². The van der Waals surface area contributed by atoms with Crippen LogP contribution < -0.4 is 0 Å². The van der Waals surface area contributed by atoms with Crippen molar-refractivity contribution < 1.29 is 4.79 Å². The lowest BCUT2D eigenvalue weighted by atomic mass is 9.87. The van der Waals surface area contributed by atoms with Gasteiger partial charge in [-0.05, 0) is 43.1 Å². The van der Waals surface area contributed by atoms with Crippen molar-refractivity contribution in [1.82, 2.24) is 0 Å². The van der Waals surface area contributed by atoms with Crippen molar-refractivity contribution in [2.75, 3.05) is 0 Å². The Morgan fingerprint density at radius 1 is 1.06 bits per heavy atom. The molecule has 0 aromatic carbocycles. The van der Waals surface area contributed by atoms with Crippen LogP contribution in [0.3, 0.4) is 0 Å². The van der Waals surface area contributed by atoms with Crippen LogP contribution in [-0.4, -0.2) is 5.78 Å². The summed E-state index contributed by atoms with van der Waals surface area (Å²) in [6.45, 7) is 13.1. The lowest BCUT2D eigenvalue weighted by molar-refractivity contribution is -0.115. The first-order chi connectivity index (χ1) is 8.40. The van der Waals surface area contributed by atoms with Crippen LogP contribution in [0.25, 0.3) is 0 Å². The first kappa shape index (κ1) is 17.4. The van der Waals surface area contributed by atoms with Gasteiger partial charge in [0, 0.05) is 6.42 Å². The Bertz CT molecular complexity index is 265. The predicted octanol–water partition coefficient (Wildman–Crippen LogP) is 5.40. The van der Waals surface area contributed by atoms with E-state index in [2.05, 4.69) is 33.8 Å². The van der Waals surface area contributed by atoms with Crippen LogP contribution in [0.5, 0.6) is 0 Å². The summed E-state index contributed by atoms with van der Waals surface area (Å²) in [7, 11) is 0. The van der Waals surface area contributed by atoms with E-state index in [9.17, 15) is 4.79 Å². The molecule has 3 atom stereocenters.